The molecule has 1 atom stereocenters. The molecule has 2 N–H and O–H groups in total. The highest BCUT2D eigenvalue weighted by atomic mass is 16.5. The van der Waals surface area contributed by atoms with Gasteiger partial charge in [0.25, 0.3) is 0 Å². The zero-order valence-corrected chi connectivity index (χ0v) is 12.3. The Morgan fingerprint density at radius 2 is 1.80 bits per heavy atom. The maximum Gasteiger partial charge on any atom is 0.306 e. The highest BCUT2D eigenvalue weighted by Gasteiger charge is 2.10. The first-order chi connectivity index (χ1) is 9.49. The Kier molecular flexibility index (Phi) is 10.4. The number of carbonyl (C=O) groups excluding carboxylic acids is 2. The van der Waals surface area contributed by atoms with Gasteiger partial charge >= 0.3 is 11.9 Å². The SMILES string of the molecule is CCOC(=O)CCC(=O)NCCC(CC)CCC(=O)O. The summed E-state index contributed by atoms with van der Waals surface area (Å²) in [4.78, 5) is 33.0. The molecule has 1 unspecified atom stereocenters. The molecule has 0 heterocycles. The van der Waals surface area contributed by atoms with Gasteiger partial charge in [-0.15, -0.1) is 0 Å². The molecule has 20 heavy (non-hydrogen) atoms. The Morgan fingerprint density at radius 3 is 2.35 bits per heavy atom. The van der Waals surface area contributed by atoms with E-state index in [1.165, 1.54) is 0 Å². The van der Waals surface area contributed by atoms with Crippen molar-refractivity contribution in [1.29, 1.82) is 0 Å². The molecule has 0 saturated carbocycles. The number of nitrogens with one attached hydrogen (secondary N) is 1. The van der Waals surface area contributed by atoms with Crippen LogP contribution in [0.25, 0.3) is 0 Å². The summed E-state index contributed by atoms with van der Waals surface area (Å²) in [6.07, 6.45) is 2.67. The zero-order chi connectivity index (χ0) is 15.4. The highest BCUT2D eigenvalue weighted by Crippen LogP contribution is 2.14. The molecule has 0 radical (unpaired) electrons. The van der Waals surface area contributed by atoms with E-state index in [9.17, 15) is 14.4 Å². The summed E-state index contributed by atoms with van der Waals surface area (Å²) >= 11 is 0. The lowest BCUT2D eigenvalue weighted by Crippen LogP contribution is -2.26. The number of hydrogen-bond acceptors (Lipinski definition) is 4. The summed E-state index contributed by atoms with van der Waals surface area (Å²) < 4.78 is 4.73. The molecule has 0 bridgehead atoms. The number of carbonyl (C=O) groups is 3. The molecule has 0 aromatic heterocycles. The van der Waals surface area contributed by atoms with Crippen LogP contribution in [0.2, 0.25) is 0 Å². The summed E-state index contributed by atoms with van der Waals surface area (Å²) in [7, 11) is 0. The predicted molar refractivity (Wildman–Crippen MR) is 74.1 cm³/mol. The third-order valence-electron chi connectivity index (χ3n) is 3.08. The minimum Gasteiger partial charge on any atom is -0.481 e. The van der Waals surface area contributed by atoms with Gasteiger partial charge in [0.2, 0.25) is 5.91 Å². The molecule has 0 fully saturated rings. The van der Waals surface area contributed by atoms with Crippen molar-refractivity contribution in [3.63, 3.8) is 0 Å². The maximum absolute atomic E-state index is 11.5. The average Bonchev–Trinajstić information content (AvgIpc) is 2.40. The molecule has 6 nitrogen and oxygen atoms in total. The second-order valence-electron chi connectivity index (χ2n) is 4.65. The fourth-order valence-electron chi connectivity index (χ4n) is 1.83. The van der Waals surface area contributed by atoms with Crippen LogP contribution in [-0.2, 0) is 19.1 Å². The molecule has 1 amide bonds. The fourth-order valence-corrected chi connectivity index (χ4v) is 1.83. The number of amides is 1. The van der Waals surface area contributed by atoms with Crippen LogP contribution >= 0.6 is 0 Å². The molecule has 0 aliphatic heterocycles. The first-order valence-corrected chi connectivity index (χ1v) is 7.13. The molecular formula is C14H25NO5. The van der Waals surface area contributed by atoms with Gasteiger partial charge in [0.05, 0.1) is 13.0 Å². The molecule has 6 heteroatoms. The van der Waals surface area contributed by atoms with Crippen molar-refractivity contribution in [3.05, 3.63) is 0 Å². The largest absolute Gasteiger partial charge is 0.481 e. The third-order valence-corrected chi connectivity index (χ3v) is 3.08. The lowest BCUT2D eigenvalue weighted by atomic mass is 9.96. The van der Waals surface area contributed by atoms with Crippen LogP contribution in [-0.4, -0.2) is 36.1 Å². The van der Waals surface area contributed by atoms with Gasteiger partial charge < -0.3 is 15.2 Å². The van der Waals surface area contributed by atoms with E-state index in [0.29, 0.717) is 25.5 Å². The Morgan fingerprint density at radius 1 is 1.10 bits per heavy atom. The Balaban J connectivity index is 3.72. The molecule has 0 aromatic rings. The van der Waals surface area contributed by atoms with Crippen molar-refractivity contribution in [3.8, 4) is 0 Å². The standard InChI is InChI=1S/C14H25NO5/c1-3-11(5-7-13(17)18)9-10-15-12(16)6-8-14(19)20-4-2/h11H,3-10H2,1-2H3,(H,15,16)(H,17,18). The topological polar surface area (TPSA) is 92.7 Å². The minimum absolute atomic E-state index is 0.0931. The molecule has 0 aromatic carbocycles. The molecule has 0 aliphatic carbocycles. The van der Waals surface area contributed by atoms with E-state index in [2.05, 4.69) is 5.32 Å². The first kappa shape index (κ1) is 18.4. The van der Waals surface area contributed by atoms with Crippen LogP contribution < -0.4 is 5.32 Å². The van der Waals surface area contributed by atoms with Crippen LogP contribution in [0.15, 0.2) is 0 Å². The molecule has 116 valence electrons. The van der Waals surface area contributed by atoms with Crippen molar-refractivity contribution in [2.75, 3.05) is 13.2 Å². The minimum atomic E-state index is -0.790. The second kappa shape index (κ2) is 11.3. The van der Waals surface area contributed by atoms with Crippen LogP contribution in [0, 0.1) is 5.92 Å². The van der Waals surface area contributed by atoms with Gasteiger partial charge in [0.15, 0.2) is 0 Å². The van der Waals surface area contributed by atoms with Crippen molar-refractivity contribution in [2.24, 2.45) is 5.92 Å². The Labute approximate surface area is 119 Å². The number of ether oxygens (including phenoxy) is 1. The van der Waals surface area contributed by atoms with E-state index in [1.807, 2.05) is 6.92 Å². The van der Waals surface area contributed by atoms with Gasteiger partial charge in [-0.2, -0.15) is 0 Å². The lowest BCUT2D eigenvalue weighted by molar-refractivity contribution is -0.144. The zero-order valence-electron chi connectivity index (χ0n) is 12.3. The second-order valence-corrected chi connectivity index (χ2v) is 4.65. The van der Waals surface area contributed by atoms with E-state index >= 15 is 0 Å². The third kappa shape index (κ3) is 10.3. The quantitative estimate of drug-likeness (QED) is 0.564. The number of esters is 1. The normalized spacial score (nSPS) is 11.7. The van der Waals surface area contributed by atoms with Crippen LogP contribution in [0.5, 0.6) is 0 Å². The van der Waals surface area contributed by atoms with Gasteiger partial charge in [-0.3, -0.25) is 14.4 Å². The van der Waals surface area contributed by atoms with Crippen molar-refractivity contribution in [2.45, 2.75) is 52.4 Å². The smallest absolute Gasteiger partial charge is 0.306 e. The van der Waals surface area contributed by atoms with Crippen molar-refractivity contribution < 1.29 is 24.2 Å². The summed E-state index contributed by atoms with van der Waals surface area (Å²) in [6, 6.07) is 0. The first-order valence-electron chi connectivity index (χ1n) is 7.13. The number of rotatable bonds is 11. The molecule has 0 spiro atoms. The summed E-state index contributed by atoms with van der Waals surface area (Å²) in [5.41, 5.74) is 0. The number of carboxylic acid groups (broad SMARTS) is 1. The van der Waals surface area contributed by atoms with Crippen LogP contribution in [0.3, 0.4) is 0 Å². The summed E-state index contributed by atoms with van der Waals surface area (Å²) in [5, 5.41) is 11.4. The van der Waals surface area contributed by atoms with Crippen molar-refractivity contribution in [1.82, 2.24) is 5.32 Å². The van der Waals surface area contributed by atoms with E-state index < -0.39 is 5.97 Å². The number of hydrogen-bond donors (Lipinski definition) is 2. The number of aliphatic carboxylic acids is 1. The van der Waals surface area contributed by atoms with Gasteiger partial charge in [-0.1, -0.05) is 13.3 Å². The summed E-state index contributed by atoms with van der Waals surface area (Å²) in [5.74, 6) is -1.03. The molecule has 0 rings (SSSR count). The molecule has 0 aliphatic rings. The van der Waals surface area contributed by atoms with E-state index in [4.69, 9.17) is 9.84 Å². The molecule has 0 saturated heterocycles. The van der Waals surface area contributed by atoms with Gasteiger partial charge in [-0.25, -0.2) is 0 Å². The lowest BCUT2D eigenvalue weighted by Gasteiger charge is -2.13. The van der Waals surface area contributed by atoms with E-state index in [0.717, 1.165) is 12.8 Å². The van der Waals surface area contributed by atoms with Crippen molar-refractivity contribution >= 4 is 17.8 Å². The van der Waals surface area contributed by atoms with Crippen LogP contribution in [0.1, 0.15) is 52.4 Å². The maximum atomic E-state index is 11.5. The highest BCUT2D eigenvalue weighted by molar-refractivity contribution is 5.81. The van der Waals surface area contributed by atoms with E-state index in [-0.39, 0.29) is 31.1 Å². The van der Waals surface area contributed by atoms with Gasteiger partial charge in [0, 0.05) is 19.4 Å². The Hall–Kier alpha value is -1.59. The summed E-state index contributed by atoms with van der Waals surface area (Å²) in [6.45, 7) is 4.57. The predicted octanol–water partition coefficient (Wildman–Crippen LogP) is 1.73. The van der Waals surface area contributed by atoms with E-state index in [1.54, 1.807) is 6.92 Å². The van der Waals surface area contributed by atoms with Gasteiger partial charge in [-0.05, 0) is 25.7 Å². The fraction of sp³-hybridized carbons (Fsp3) is 0.786. The van der Waals surface area contributed by atoms with Crippen LogP contribution in [0.4, 0.5) is 0 Å². The average molecular weight is 287 g/mol. The number of carboxylic acids is 1. The molecular weight excluding hydrogens is 262 g/mol. The Bertz CT molecular complexity index is 317. The van der Waals surface area contributed by atoms with Gasteiger partial charge in [0.1, 0.15) is 0 Å². The monoisotopic (exact) mass is 287 g/mol.